The van der Waals surface area contributed by atoms with Crippen molar-refractivity contribution >= 4 is 11.7 Å². The van der Waals surface area contributed by atoms with Gasteiger partial charge in [-0.2, -0.15) is 0 Å². The molecular weight excluding hydrogens is 272 g/mol. The van der Waals surface area contributed by atoms with E-state index in [2.05, 4.69) is 20.0 Å². The van der Waals surface area contributed by atoms with E-state index in [1.807, 2.05) is 0 Å². The number of aryl methyl sites for hydroxylation is 1. The highest BCUT2D eigenvalue weighted by molar-refractivity contribution is 5.93. The molecule has 20 heavy (non-hydrogen) atoms. The lowest BCUT2D eigenvalue weighted by Crippen LogP contribution is -2.10. The molecule has 2 rings (SSSR count). The van der Waals surface area contributed by atoms with E-state index < -0.39 is 18.1 Å². The Morgan fingerprint density at radius 1 is 1.45 bits per heavy atom. The summed E-state index contributed by atoms with van der Waals surface area (Å²) in [5.41, 5.74) is 4.87. The third kappa shape index (κ3) is 2.29. The molecule has 106 valence electrons. The van der Waals surface area contributed by atoms with Gasteiger partial charge in [-0.1, -0.05) is 5.21 Å². The second-order valence-electron chi connectivity index (χ2n) is 3.87. The minimum Gasteiger partial charge on any atom is -0.464 e. The summed E-state index contributed by atoms with van der Waals surface area (Å²) in [4.78, 5) is 15.4. The first-order valence-electron chi connectivity index (χ1n) is 5.48. The van der Waals surface area contributed by atoms with E-state index in [-0.39, 0.29) is 22.8 Å². The zero-order valence-corrected chi connectivity index (χ0v) is 10.7. The highest BCUT2D eigenvalue weighted by atomic mass is 19.3. The summed E-state index contributed by atoms with van der Waals surface area (Å²) < 4.78 is 31.3. The predicted octanol–water partition coefficient (Wildman–Crippen LogP) is 1.18. The highest BCUT2D eigenvalue weighted by Crippen LogP contribution is 2.27. The Bertz CT molecular complexity index is 656. The Morgan fingerprint density at radius 2 is 2.15 bits per heavy atom. The number of carbonyl (C=O) groups is 1. The molecule has 0 aliphatic heterocycles. The van der Waals surface area contributed by atoms with Crippen molar-refractivity contribution in [3.8, 4) is 11.4 Å². The van der Waals surface area contributed by atoms with Gasteiger partial charge in [0.05, 0.1) is 18.5 Å². The number of hydrogen-bond acceptors (Lipinski definition) is 6. The molecule has 0 atom stereocenters. The topological polar surface area (TPSA) is 95.9 Å². The molecular formula is C11H11F2N5O2. The van der Waals surface area contributed by atoms with Crippen molar-refractivity contribution in [2.75, 3.05) is 12.8 Å². The normalized spacial score (nSPS) is 10.8. The lowest BCUT2D eigenvalue weighted by molar-refractivity contribution is 0.0589. The number of nitrogens with two attached hydrogens (primary N) is 1. The lowest BCUT2D eigenvalue weighted by atomic mass is 10.2. The molecule has 0 bridgehead atoms. The van der Waals surface area contributed by atoms with Gasteiger partial charge in [-0.25, -0.2) is 23.2 Å². The number of esters is 1. The number of halogens is 2. The van der Waals surface area contributed by atoms with Crippen molar-refractivity contribution in [3.63, 3.8) is 0 Å². The third-order valence-corrected chi connectivity index (χ3v) is 2.61. The first-order chi connectivity index (χ1) is 9.45. The van der Waals surface area contributed by atoms with Gasteiger partial charge in [-0.3, -0.25) is 0 Å². The lowest BCUT2D eigenvalue weighted by Gasteiger charge is -2.06. The van der Waals surface area contributed by atoms with Crippen LogP contribution >= 0.6 is 0 Å². The molecule has 0 saturated carbocycles. The summed E-state index contributed by atoms with van der Waals surface area (Å²) in [6, 6.07) is 2.66. The average molecular weight is 283 g/mol. The van der Waals surface area contributed by atoms with E-state index in [0.29, 0.717) is 0 Å². The smallest absolute Gasteiger partial charge is 0.358 e. The number of pyridine rings is 1. The number of ether oxygens (including phenoxy) is 1. The summed E-state index contributed by atoms with van der Waals surface area (Å²) in [7, 11) is 2.67. The molecule has 2 aromatic rings. The van der Waals surface area contributed by atoms with Crippen LogP contribution in [0.25, 0.3) is 11.4 Å². The van der Waals surface area contributed by atoms with Crippen LogP contribution < -0.4 is 5.73 Å². The molecule has 0 amide bonds. The van der Waals surface area contributed by atoms with E-state index in [0.717, 1.165) is 0 Å². The first-order valence-corrected chi connectivity index (χ1v) is 5.48. The van der Waals surface area contributed by atoms with E-state index in [1.54, 1.807) is 0 Å². The third-order valence-electron chi connectivity index (χ3n) is 2.61. The van der Waals surface area contributed by atoms with Crippen molar-refractivity contribution in [2.24, 2.45) is 7.05 Å². The fourth-order valence-electron chi connectivity index (χ4n) is 1.65. The molecule has 9 heteroatoms. The summed E-state index contributed by atoms with van der Waals surface area (Å²) in [6.45, 7) is 0. The van der Waals surface area contributed by atoms with Crippen LogP contribution in [-0.4, -0.2) is 33.1 Å². The van der Waals surface area contributed by atoms with Gasteiger partial charge in [-0.05, 0) is 12.1 Å². The molecule has 0 saturated heterocycles. The summed E-state index contributed by atoms with van der Waals surface area (Å²) >= 11 is 0. The Hall–Kier alpha value is -2.58. The predicted molar refractivity (Wildman–Crippen MR) is 64.9 cm³/mol. The first kappa shape index (κ1) is 13.8. The number of anilines is 1. The van der Waals surface area contributed by atoms with E-state index in [9.17, 15) is 13.6 Å². The van der Waals surface area contributed by atoms with Gasteiger partial charge < -0.3 is 10.5 Å². The zero-order valence-electron chi connectivity index (χ0n) is 10.7. The summed E-state index contributed by atoms with van der Waals surface area (Å²) in [6.07, 6.45) is -2.83. The maximum absolute atomic E-state index is 12.8. The van der Waals surface area contributed by atoms with Gasteiger partial charge in [0, 0.05) is 7.05 Å². The van der Waals surface area contributed by atoms with Crippen molar-refractivity contribution < 1.29 is 18.3 Å². The number of nitrogen functional groups attached to an aromatic ring is 1. The maximum atomic E-state index is 12.8. The number of rotatable bonds is 3. The Morgan fingerprint density at radius 3 is 2.75 bits per heavy atom. The molecule has 2 N–H and O–H groups in total. The second-order valence-corrected chi connectivity index (χ2v) is 3.87. The minimum atomic E-state index is -2.83. The molecule has 2 aromatic heterocycles. The van der Waals surface area contributed by atoms with Gasteiger partial charge >= 0.3 is 5.97 Å². The average Bonchev–Trinajstić information content (AvgIpc) is 2.80. The standard InChI is InChI=1S/C11H11F2N5O2/c1-18-9(11(19)20-2)8(16-17-18)6-4-3-5(14)7(15-6)10(12)13/h3-4,10H,14H2,1-2H3. The van der Waals surface area contributed by atoms with E-state index in [1.165, 1.54) is 31.0 Å². The summed E-state index contributed by atoms with van der Waals surface area (Å²) in [5, 5.41) is 7.42. The van der Waals surface area contributed by atoms with E-state index in [4.69, 9.17) is 5.73 Å². The van der Waals surface area contributed by atoms with Gasteiger partial charge in [0.25, 0.3) is 6.43 Å². The van der Waals surface area contributed by atoms with Crippen LogP contribution in [0.4, 0.5) is 14.5 Å². The maximum Gasteiger partial charge on any atom is 0.358 e. The van der Waals surface area contributed by atoms with Crippen molar-refractivity contribution in [2.45, 2.75) is 6.43 Å². The number of nitrogens with zero attached hydrogens (tertiary/aromatic N) is 4. The van der Waals surface area contributed by atoms with Crippen LogP contribution in [0.5, 0.6) is 0 Å². The fourth-order valence-corrected chi connectivity index (χ4v) is 1.65. The molecule has 7 nitrogen and oxygen atoms in total. The van der Waals surface area contributed by atoms with Gasteiger partial charge in [0.15, 0.2) is 5.69 Å². The SMILES string of the molecule is COC(=O)c1c(-c2ccc(N)c(C(F)F)n2)nnn1C. The molecule has 0 radical (unpaired) electrons. The van der Waals surface area contributed by atoms with Crippen LogP contribution in [0, 0.1) is 0 Å². The monoisotopic (exact) mass is 283 g/mol. The zero-order chi connectivity index (χ0) is 14.9. The Balaban J connectivity index is 2.58. The van der Waals surface area contributed by atoms with E-state index >= 15 is 0 Å². The Kier molecular flexibility index (Phi) is 3.59. The highest BCUT2D eigenvalue weighted by Gasteiger charge is 2.23. The molecule has 0 aromatic carbocycles. The quantitative estimate of drug-likeness (QED) is 0.850. The number of aromatic nitrogens is 4. The largest absolute Gasteiger partial charge is 0.464 e. The van der Waals surface area contributed by atoms with Crippen LogP contribution in [0.2, 0.25) is 0 Å². The molecule has 0 aliphatic rings. The number of alkyl halides is 2. The number of methoxy groups -OCH3 is 1. The number of hydrogen-bond donors (Lipinski definition) is 1. The van der Waals surface area contributed by atoms with Crippen LogP contribution in [0.3, 0.4) is 0 Å². The fraction of sp³-hybridized carbons (Fsp3) is 0.273. The molecule has 0 spiro atoms. The summed E-state index contributed by atoms with van der Waals surface area (Å²) in [5.74, 6) is -0.690. The molecule has 0 aliphatic carbocycles. The van der Waals surface area contributed by atoms with Crippen molar-refractivity contribution in [1.29, 1.82) is 0 Å². The van der Waals surface area contributed by atoms with Crippen LogP contribution in [0.15, 0.2) is 12.1 Å². The molecule has 2 heterocycles. The number of carbonyl (C=O) groups excluding carboxylic acids is 1. The Labute approximate surface area is 112 Å². The van der Waals surface area contributed by atoms with Crippen LogP contribution in [0.1, 0.15) is 22.6 Å². The van der Waals surface area contributed by atoms with Gasteiger partial charge in [0.2, 0.25) is 0 Å². The van der Waals surface area contributed by atoms with Crippen molar-refractivity contribution in [1.82, 2.24) is 20.0 Å². The van der Waals surface area contributed by atoms with Gasteiger partial charge in [0.1, 0.15) is 11.4 Å². The van der Waals surface area contributed by atoms with Crippen LogP contribution in [-0.2, 0) is 11.8 Å². The minimum absolute atomic E-state index is 0.0185. The van der Waals surface area contributed by atoms with Gasteiger partial charge in [-0.15, -0.1) is 5.10 Å². The molecule has 0 unspecified atom stereocenters. The van der Waals surface area contributed by atoms with Crippen molar-refractivity contribution in [3.05, 3.63) is 23.5 Å². The molecule has 0 fully saturated rings. The second kappa shape index (κ2) is 5.19.